The maximum atomic E-state index is 6.11. The Morgan fingerprint density at radius 3 is 2.33 bits per heavy atom. The summed E-state index contributed by atoms with van der Waals surface area (Å²) < 4.78 is 6.11. The van der Waals surface area contributed by atoms with Gasteiger partial charge >= 0.3 is 0 Å². The summed E-state index contributed by atoms with van der Waals surface area (Å²) in [6.07, 6.45) is 11.4. The predicted molar refractivity (Wildman–Crippen MR) is 50.2 cm³/mol. The summed E-state index contributed by atoms with van der Waals surface area (Å²) in [5.41, 5.74) is 0.329. The summed E-state index contributed by atoms with van der Waals surface area (Å²) >= 11 is 0. The van der Waals surface area contributed by atoms with Gasteiger partial charge in [0.05, 0.1) is 11.7 Å². The van der Waals surface area contributed by atoms with E-state index in [9.17, 15) is 0 Å². The van der Waals surface area contributed by atoms with Gasteiger partial charge in [0.1, 0.15) is 0 Å². The van der Waals surface area contributed by atoms with E-state index in [1.807, 2.05) is 0 Å². The molecule has 1 heterocycles. The van der Waals surface area contributed by atoms with Crippen LogP contribution in [0.2, 0.25) is 0 Å². The molecule has 1 unspecified atom stereocenters. The average molecular weight is 168 g/mol. The van der Waals surface area contributed by atoms with Gasteiger partial charge in [-0.25, -0.2) is 0 Å². The molecule has 0 N–H and O–H groups in total. The minimum absolute atomic E-state index is 0.329. The topological polar surface area (TPSA) is 9.23 Å². The molecular formula is C11H20O. The molecule has 2 fully saturated rings. The molecule has 0 aromatic carbocycles. The second kappa shape index (κ2) is 3.37. The third-order valence-electron chi connectivity index (χ3n) is 3.46. The second-order valence-electron chi connectivity index (χ2n) is 4.56. The fraction of sp³-hybridized carbons (Fsp3) is 1.00. The Morgan fingerprint density at radius 2 is 1.67 bits per heavy atom. The Hall–Kier alpha value is -0.0400. The van der Waals surface area contributed by atoms with Crippen molar-refractivity contribution in [2.45, 2.75) is 70.0 Å². The first kappa shape index (κ1) is 8.55. The van der Waals surface area contributed by atoms with Crippen LogP contribution in [0.25, 0.3) is 0 Å². The molecule has 1 atom stereocenters. The zero-order chi connectivity index (χ0) is 8.44. The maximum absolute atomic E-state index is 6.11. The standard InChI is InChI=1S/C11H20O/c1-10-6-5-9-11(12-10)7-3-2-4-8-11/h10H,2-9H2,1H3. The van der Waals surface area contributed by atoms with E-state index in [0.29, 0.717) is 11.7 Å². The Morgan fingerprint density at radius 1 is 1.00 bits per heavy atom. The van der Waals surface area contributed by atoms with Gasteiger partial charge in [-0.3, -0.25) is 0 Å². The zero-order valence-electron chi connectivity index (χ0n) is 8.14. The van der Waals surface area contributed by atoms with Gasteiger partial charge in [-0.2, -0.15) is 0 Å². The van der Waals surface area contributed by atoms with E-state index in [-0.39, 0.29) is 0 Å². The molecule has 1 saturated carbocycles. The fourth-order valence-corrected chi connectivity index (χ4v) is 2.82. The predicted octanol–water partition coefficient (Wildman–Crippen LogP) is 3.28. The number of ether oxygens (including phenoxy) is 1. The minimum atomic E-state index is 0.329. The van der Waals surface area contributed by atoms with Crippen LogP contribution in [0.3, 0.4) is 0 Å². The SMILES string of the molecule is CC1CCCC2(CCCCC2)O1. The summed E-state index contributed by atoms with van der Waals surface area (Å²) in [6, 6.07) is 0. The van der Waals surface area contributed by atoms with Crippen LogP contribution < -0.4 is 0 Å². The Balaban J connectivity index is 1.97. The summed E-state index contributed by atoms with van der Waals surface area (Å²) in [7, 11) is 0. The largest absolute Gasteiger partial charge is 0.372 e. The lowest BCUT2D eigenvalue weighted by Crippen LogP contribution is -2.41. The second-order valence-corrected chi connectivity index (χ2v) is 4.56. The summed E-state index contributed by atoms with van der Waals surface area (Å²) in [4.78, 5) is 0. The van der Waals surface area contributed by atoms with Crippen molar-refractivity contribution in [1.82, 2.24) is 0 Å². The van der Waals surface area contributed by atoms with E-state index in [0.717, 1.165) is 0 Å². The molecule has 2 rings (SSSR count). The molecule has 70 valence electrons. The van der Waals surface area contributed by atoms with Crippen LogP contribution in [-0.2, 0) is 4.74 Å². The molecule has 0 aromatic rings. The van der Waals surface area contributed by atoms with Gasteiger partial charge in [0.25, 0.3) is 0 Å². The van der Waals surface area contributed by atoms with Crippen molar-refractivity contribution in [2.75, 3.05) is 0 Å². The van der Waals surface area contributed by atoms with Gasteiger partial charge in [-0.1, -0.05) is 19.3 Å². The first-order chi connectivity index (χ1) is 5.81. The van der Waals surface area contributed by atoms with E-state index in [2.05, 4.69) is 6.92 Å². The molecule has 1 saturated heterocycles. The number of hydrogen-bond donors (Lipinski definition) is 0. The van der Waals surface area contributed by atoms with Crippen LogP contribution in [0.5, 0.6) is 0 Å². The maximum Gasteiger partial charge on any atom is 0.0686 e. The highest BCUT2D eigenvalue weighted by atomic mass is 16.5. The fourth-order valence-electron chi connectivity index (χ4n) is 2.82. The van der Waals surface area contributed by atoms with E-state index in [4.69, 9.17) is 4.74 Å². The summed E-state index contributed by atoms with van der Waals surface area (Å²) in [5.74, 6) is 0. The van der Waals surface area contributed by atoms with Gasteiger partial charge in [0, 0.05) is 0 Å². The van der Waals surface area contributed by atoms with Crippen molar-refractivity contribution in [3.63, 3.8) is 0 Å². The van der Waals surface area contributed by atoms with E-state index >= 15 is 0 Å². The molecule has 0 radical (unpaired) electrons. The number of hydrogen-bond acceptors (Lipinski definition) is 1. The van der Waals surface area contributed by atoms with Crippen LogP contribution in [0.15, 0.2) is 0 Å². The Labute approximate surface area is 75.5 Å². The van der Waals surface area contributed by atoms with Crippen LogP contribution in [0.1, 0.15) is 58.3 Å². The average Bonchev–Trinajstić information content (AvgIpc) is 2.05. The molecule has 0 bridgehead atoms. The molecule has 1 nitrogen and oxygen atoms in total. The third kappa shape index (κ3) is 1.66. The molecule has 1 heteroatoms. The highest BCUT2D eigenvalue weighted by Crippen LogP contribution is 2.40. The van der Waals surface area contributed by atoms with E-state index in [1.54, 1.807) is 0 Å². The molecule has 1 aliphatic carbocycles. The lowest BCUT2D eigenvalue weighted by molar-refractivity contribution is -0.138. The lowest BCUT2D eigenvalue weighted by Gasteiger charge is -2.43. The van der Waals surface area contributed by atoms with Gasteiger partial charge in [0.15, 0.2) is 0 Å². The van der Waals surface area contributed by atoms with E-state index < -0.39 is 0 Å². The van der Waals surface area contributed by atoms with Gasteiger partial charge < -0.3 is 4.74 Å². The van der Waals surface area contributed by atoms with Crippen LogP contribution in [0.4, 0.5) is 0 Å². The van der Waals surface area contributed by atoms with Crippen LogP contribution in [-0.4, -0.2) is 11.7 Å². The van der Waals surface area contributed by atoms with Crippen molar-refractivity contribution in [2.24, 2.45) is 0 Å². The molecule has 12 heavy (non-hydrogen) atoms. The molecule has 0 amide bonds. The van der Waals surface area contributed by atoms with Crippen LogP contribution in [0, 0.1) is 0 Å². The first-order valence-corrected chi connectivity index (χ1v) is 5.49. The monoisotopic (exact) mass is 168 g/mol. The molecule has 2 aliphatic rings. The van der Waals surface area contributed by atoms with Crippen molar-refractivity contribution in [3.8, 4) is 0 Å². The lowest BCUT2D eigenvalue weighted by atomic mass is 9.79. The zero-order valence-corrected chi connectivity index (χ0v) is 8.14. The van der Waals surface area contributed by atoms with Crippen molar-refractivity contribution in [3.05, 3.63) is 0 Å². The smallest absolute Gasteiger partial charge is 0.0686 e. The summed E-state index contributed by atoms with van der Waals surface area (Å²) in [5, 5.41) is 0. The van der Waals surface area contributed by atoms with Gasteiger partial charge in [-0.15, -0.1) is 0 Å². The molecular weight excluding hydrogens is 148 g/mol. The van der Waals surface area contributed by atoms with Crippen molar-refractivity contribution in [1.29, 1.82) is 0 Å². The number of rotatable bonds is 0. The normalized spacial score (nSPS) is 35.2. The quantitative estimate of drug-likeness (QED) is 0.539. The van der Waals surface area contributed by atoms with Gasteiger partial charge in [0.2, 0.25) is 0 Å². The minimum Gasteiger partial charge on any atom is -0.372 e. The first-order valence-electron chi connectivity index (χ1n) is 5.49. The third-order valence-corrected chi connectivity index (χ3v) is 3.46. The molecule has 0 aromatic heterocycles. The molecule has 1 spiro atoms. The highest BCUT2D eigenvalue weighted by molar-refractivity contribution is 4.87. The van der Waals surface area contributed by atoms with E-state index in [1.165, 1.54) is 51.4 Å². The Bertz CT molecular complexity index is 142. The van der Waals surface area contributed by atoms with Crippen LogP contribution >= 0.6 is 0 Å². The summed E-state index contributed by atoms with van der Waals surface area (Å²) in [6.45, 7) is 2.23. The van der Waals surface area contributed by atoms with Crippen molar-refractivity contribution >= 4 is 0 Å². The van der Waals surface area contributed by atoms with Gasteiger partial charge in [-0.05, 0) is 39.0 Å². The van der Waals surface area contributed by atoms with Crippen molar-refractivity contribution < 1.29 is 4.74 Å². The molecule has 1 aliphatic heterocycles. The Kier molecular flexibility index (Phi) is 2.40. The highest BCUT2D eigenvalue weighted by Gasteiger charge is 2.36.